The van der Waals surface area contributed by atoms with Gasteiger partial charge < -0.3 is 14.9 Å². The van der Waals surface area contributed by atoms with Crippen molar-refractivity contribution in [1.82, 2.24) is 15.2 Å². The van der Waals surface area contributed by atoms with Crippen LogP contribution in [0.3, 0.4) is 0 Å². The summed E-state index contributed by atoms with van der Waals surface area (Å²) in [4.78, 5) is 16.5. The van der Waals surface area contributed by atoms with Gasteiger partial charge in [-0.2, -0.15) is 5.10 Å². The molecule has 1 saturated heterocycles. The van der Waals surface area contributed by atoms with Crippen LogP contribution in [0, 0.1) is 0 Å². The second-order valence-corrected chi connectivity index (χ2v) is 6.41. The van der Waals surface area contributed by atoms with E-state index in [-0.39, 0.29) is 11.7 Å². The van der Waals surface area contributed by atoms with Gasteiger partial charge >= 0.3 is 0 Å². The van der Waals surface area contributed by atoms with Crippen LogP contribution in [0.25, 0.3) is 10.8 Å². The van der Waals surface area contributed by atoms with Crippen molar-refractivity contribution < 1.29 is 9.90 Å². The number of hydrogen-bond donors (Lipinski definition) is 2. The number of hydrazone groups is 1. The van der Waals surface area contributed by atoms with E-state index in [1.54, 1.807) is 6.07 Å². The van der Waals surface area contributed by atoms with Crippen molar-refractivity contribution in [3.05, 3.63) is 42.0 Å². The Balaban J connectivity index is 1.54. The molecule has 25 heavy (non-hydrogen) atoms. The van der Waals surface area contributed by atoms with Crippen LogP contribution in [0.15, 0.2) is 41.5 Å². The fourth-order valence-electron chi connectivity index (χ4n) is 2.98. The minimum absolute atomic E-state index is 0.116. The molecule has 6 heteroatoms. The number of carbonyl (C=O) groups excluding carboxylic acids is 1. The Bertz CT molecular complexity index is 767. The number of carbonyl (C=O) groups is 1. The van der Waals surface area contributed by atoms with Gasteiger partial charge in [-0.1, -0.05) is 30.3 Å². The third-order valence-corrected chi connectivity index (χ3v) is 4.58. The quantitative estimate of drug-likeness (QED) is 0.641. The topological polar surface area (TPSA) is 68.2 Å². The number of benzene rings is 2. The number of phenolic OH excluding ortho intramolecular Hbond substituents is 1. The molecule has 2 aromatic carbocycles. The van der Waals surface area contributed by atoms with Crippen molar-refractivity contribution in [2.45, 2.75) is 6.42 Å². The highest BCUT2D eigenvalue weighted by atomic mass is 16.3. The molecule has 3 rings (SSSR count). The van der Waals surface area contributed by atoms with E-state index in [4.69, 9.17) is 0 Å². The van der Waals surface area contributed by atoms with E-state index in [0.29, 0.717) is 12.0 Å². The Kier molecular flexibility index (Phi) is 5.63. The molecular formula is C19H24N4O2. The lowest BCUT2D eigenvalue weighted by Gasteiger charge is -2.32. The lowest BCUT2D eigenvalue weighted by Crippen LogP contribution is -2.45. The Morgan fingerprint density at radius 1 is 1.20 bits per heavy atom. The second-order valence-electron chi connectivity index (χ2n) is 6.41. The third kappa shape index (κ3) is 4.55. The van der Waals surface area contributed by atoms with Crippen molar-refractivity contribution in [2.75, 3.05) is 39.8 Å². The zero-order chi connectivity index (χ0) is 17.6. The summed E-state index contributed by atoms with van der Waals surface area (Å²) in [5, 5.41) is 16.0. The molecule has 0 radical (unpaired) electrons. The molecule has 0 bridgehead atoms. The molecule has 2 aromatic rings. The number of rotatable bonds is 5. The van der Waals surface area contributed by atoms with Gasteiger partial charge in [-0.15, -0.1) is 0 Å². The minimum Gasteiger partial charge on any atom is -0.507 e. The summed E-state index contributed by atoms with van der Waals surface area (Å²) in [5.74, 6) is 0.0315. The van der Waals surface area contributed by atoms with E-state index in [2.05, 4.69) is 27.4 Å². The average molecular weight is 340 g/mol. The monoisotopic (exact) mass is 340 g/mol. The maximum Gasteiger partial charge on any atom is 0.241 e. The summed E-state index contributed by atoms with van der Waals surface area (Å²) in [5.41, 5.74) is 3.16. The minimum atomic E-state index is -0.116. The first-order valence-electron chi connectivity index (χ1n) is 8.57. The van der Waals surface area contributed by atoms with Crippen LogP contribution in [0.5, 0.6) is 5.75 Å². The summed E-state index contributed by atoms with van der Waals surface area (Å²) in [6, 6.07) is 11.2. The maximum absolute atomic E-state index is 12.0. The van der Waals surface area contributed by atoms with Gasteiger partial charge in [0.15, 0.2) is 0 Å². The van der Waals surface area contributed by atoms with Gasteiger partial charge in [0, 0.05) is 44.7 Å². The number of fused-ring (bicyclic) bond motifs is 1. The molecule has 0 atom stereocenters. The number of phenols is 1. The predicted molar refractivity (Wildman–Crippen MR) is 99.9 cm³/mol. The summed E-state index contributed by atoms with van der Waals surface area (Å²) in [6.07, 6.45) is 1.92. The summed E-state index contributed by atoms with van der Waals surface area (Å²) in [7, 11) is 2.11. The summed E-state index contributed by atoms with van der Waals surface area (Å²) in [6.45, 7) is 4.82. The van der Waals surface area contributed by atoms with Crippen LogP contribution in [-0.4, -0.2) is 66.8 Å². The summed E-state index contributed by atoms with van der Waals surface area (Å²) >= 11 is 0. The molecule has 0 spiro atoms. The number of nitrogens with one attached hydrogen (secondary N) is 1. The molecule has 1 aliphatic rings. The molecule has 2 N–H and O–H groups in total. The van der Waals surface area contributed by atoms with Crippen LogP contribution in [0.1, 0.15) is 12.0 Å². The van der Waals surface area contributed by atoms with Gasteiger partial charge in [-0.3, -0.25) is 4.79 Å². The smallest absolute Gasteiger partial charge is 0.241 e. The lowest BCUT2D eigenvalue weighted by atomic mass is 10.0. The number of likely N-dealkylation sites (N-methyl/N-ethyl adjacent to an activating group) is 1. The lowest BCUT2D eigenvalue weighted by molar-refractivity contribution is -0.121. The zero-order valence-electron chi connectivity index (χ0n) is 14.5. The Morgan fingerprint density at radius 2 is 1.96 bits per heavy atom. The highest BCUT2D eigenvalue weighted by Gasteiger charge is 2.14. The molecule has 0 unspecified atom stereocenters. The number of hydrogen-bond acceptors (Lipinski definition) is 5. The normalized spacial score (nSPS) is 16.5. The standard InChI is InChI=1S/C19H24N4O2/c1-22-10-12-23(13-11-22)9-8-19(25)21-20-14-17-16-5-3-2-4-15(16)6-7-18(17)24/h2-7,14,24H,8-13H2,1H3,(H,21,25). The molecule has 1 heterocycles. The van der Waals surface area contributed by atoms with Crippen LogP contribution in [0.4, 0.5) is 0 Å². The molecular weight excluding hydrogens is 316 g/mol. The van der Waals surface area contributed by atoms with E-state index >= 15 is 0 Å². The number of nitrogens with zero attached hydrogens (tertiary/aromatic N) is 3. The van der Waals surface area contributed by atoms with Crippen molar-refractivity contribution in [2.24, 2.45) is 5.10 Å². The van der Waals surface area contributed by atoms with E-state index in [9.17, 15) is 9.90 Å². The molecule has 6 nitrogen and oxygen atoms in total. The Morgan fingerprint density at radius 3 is 2.76 bits per heavy atom. The summed E-state index contributed by atoms with van der Waals surface area (Å²) < 4.78 is 0. The van der Waals surface area contributed by atoms with Gasteiger partial charge in [-0.25, -0.2) is 5.43 Å². The molecule has 132 valence electrons. The SMILES string of the molecule is CN1CCN(CCC(=O)NN=Cc2c(O)ccc3ccccc23)CC1. The average Bonchev–Trinajstić information content (AvgIpc) is 2.63. The van der Waals surface area contributed by atoms with E-state index in [1.165, 1.54) is 6.21 Å². The first-order valence-corrected chi connectivity index (χ1v) is 8.57. The first kappa shape index (κ1) is 17.4. The van der Waals surface area contributed by atoms with Gasteiger partial charge in [0.2, 0.25) is 5.91 Å². The highest BCUT2D eigenvalue weighted by molar-refractivity contribution is 6.02. The van der Waals surface area contributed by atoms with E-state index in [0.717, 1.165) is 43.5 Å². The number of piperazine rings is 1. The van der Waals surface area contributed by atoms with Crippen molar-refractivity contribution in [1.29, 1.82) is 0 Å². The first-order chi connectivity index (χ1) is 12.1. The Labute approximate surface area is 147 Å². The van der Waals surface area contributed by atoms with Crippen molar-refractivity contribution >= 4 is 22.9 Å². The largest absolute Gasteiger partial charge is 0.507 e. The predicted octanol–water partition coefficient (Wildman–Crippen LogP) is 1.63. The molecule has 1 fully saturated rings. The molecule has 1 amide bonds. The van der Waals surface area contributed by atoms with Crippen LogP contribution in [0.2, 0.25) is 0 Å². The van der Waals surface area contributed by atoms with Crippen LogP contribution < -0.4 is 5.43 Å². The molecule has 1 aliphatic heterocycles. The van der Waals surface area contributed by atoms with Gasteiger partial charge in [0.1, 0.15) is 5.75 Å². The molecule has 0 aromatic heterocycles. The van der Waals surface area contributed by atoms with E-state index in [1.807, 2.05) is 30.3 Å². The number of aromatic hydroxyl groups is 1. The molecule has 0 saturated carbocycles. The zero-order valence-corrected chi connectivity index (χ0v) is 14.5. The van der Waals surface area contributed by atoms with Crippen molar-refractivity contribution in [3.63, 3.8) is 0 Å². The van der Waals surface area contributed by atoms with Gasteiger partial charge in [-0.05, 0) is 23.9 Å². The maximum atomic E-state index is 12.0. The third-order valence-electron chi connectivity index (χ3n) is 4.58. The van der Waals surface area contributed by atoms with Crippen molar-refractivity contribution in [3.8, 4) is 5.75 Å². The fraction of sp³-hybridized carbons (Fsp3) is 0.368. The second kappa shape index (κ2) is 8.09. The van der Waals surface area contributed by atoms with Gasteiger partial charge in [0.05, 0.1) is 6.21 Å². The highest BCUT2D eigenvalue weighted by Crippen LogP contribution is 2.25. The molecule has 0 aliphatic carbocycles. The fourth-order valence-corrected chi connectivity index (χ4v) is 2.98. The van der Waals surface area contributed by atoms with Crippen LogP contribution in [-0.2, 0) is 4.79 Å². The van der Waals surface area contributed by atoms with E-state index < -0.39 is 0 Å². The Hall–Kier alpha value is -2.44. The van der Waals surface area contributed by atoms with Gasteiger partial charge in [0.25, 0.3) is 0 Å². The van der Waals surface area contributed by atoms with Crippen LogP contribution >= 0.6 is 0 Å². The number of amides is 1.